The minimum Gasteiger partial charge on any atom is -0.346 e. The maximum atomic E-state index is 13.5. The van der Waals surface area contributed by atoms with Gasteiger partial charge in [0.2, 0.25) is 0 Å². The zero-order valence-corrected chi connectivity index (χ0v) is 20.0. The van der Waals surface area contributed by atoms with E-state index < -0.39 is 0 Å². The Morgan fingerprint density at radius 2 is 1.56 bits per heavy atom. The first-order valence-corrected chi connectivity index (χ1v) is 12.7. The largest absolute Gasteiger partial charge is 0.346 e. The highest BCUT2D eigenvalue weighted by Gasteiger charge is 2.32. The van der Waals surface area contributed by atoms with Crippen LogP contribution in [0.5, 0.6) is 0 Å². The second kappa shape index (κ2) is 8.33. The molecular weight excluding hydrogens is 462 g/mol. The molecular formula is C31H21N3OS. The van der Waals surface area contributed by atoms with Crippen LogP contribution in [-0.4, -0.2) is 15.9 Å². The predicted molar refractivity (Wildman–Crippen MR) is 146 cm³/mol. The van der Waals surface area contributed by atoms with Crippen LogP contribution in [0.15, 0.2) is 109 Å². The van der Waals surface area contributed by atoms with Crippen molar-refractivity contribution in [3.05, 3.63) is 126 Å². The fraction of sp³-hybridized carbons (Fsp3) is 0.0323. The summed E-state index contributed by atoms with van der Waals surface area (Å²) in [5.74, 6) is -0.109. The van der Waals surface area contributed by atoms with Crippen molar-refractivity contribution in [1.29, 1.82) is 0 Å². The van der Waals surface area contributed by atoms with Gasteiger partial charge in [0.1, 0.15) is 5.65 Å². The Hall–Kier alpha value is -4.48. The number of nitrogens with one attached hydrogen (secondary N) is 2. The molecule has 1 aliphatic rings. The molecule has 1 aliphatic carbocycles. The number of thiophene rings is 1. The summed E-state index contributed by atoms with van der Waals surface area (Å²) in [5, 5.41) is 4.14. The highest BCUT2D eigenvalue weighted by Crippen LogP contribution is 2.49. The number of aromatic amines is 1. The Bertz CT molecular complexity index is 1750. The van der Waals surface area contributed by atoms with Gasteiger partial charge >= 0.3 is 0 Å². The number of H-pyrrole nitrogens is 1. The SMILES string of the molecule is O=C(NC1c2ccccc2-c2c(-c3ccc(-c4ccccc4)s3)cccc21)c1ccnc2[nH]ccc12. The molecule has 36 heavy (non-hydrogen) atoms. The molecule has 0 aliphatic heterocycles. The van der Waals surface area contributed by atoms with Gasteiger partial charge in [0.05, 0.1) is 11.6 Å². The van der Waals surface area contributed by atoms with Crippen molar-refractivity contribution in [1.82, 2.24) is 15.3 Å². The van der Waals surface area contributed by atoms with Gasteiger partial charge in [-0.05, 0) is 57.6 Å². The van der Waals surface area contributed by atoms with Crippen LogP contribution in [0.2, 0.25) is 0 Å². The minimum atomic E-state index is -0.223. The van der Waals surface area contributed by atoms with E-state index in [0.29, 0.717) is 11.2 Å². The third-order valence-electron chi connectivity index (χ3n) is 6.86. The molecule has 2 N–H and O–H groups in total. The van der Waals surface area contributed by atoms with Gasteiger partial charge in [-0.1, -0.05) is 72.8 Å². The molecule has 1 atom stereocenters. The lowest BCUT2D eigenvalue weighted by atomic mass is 9.98. The first-order chi connectivity index (χ1) is 17.8. The number of hydrogen-bond donors (Lipinski definition) is 2. The standard InChI is InChI=1S/C31H21N3OS/c35-31(23-16-18-33-30-22(23)15-17-32-30)34-29-21-10-5-4-9-20(21)28-24(11-6-12-25(28)29)27-14-13-26(36-27)19-7-2-1-3-8-19/h1-18,29H,(H,32,33)(H,34,35). The molecule has 5 heteroatoms. The number of pyridine rings is 1. The zero-order chi connectivity index (χ0) is 24.1. The number of amides is 1. The van der Waals surface area contributed by atoms with Gasteiger partial charge in [-0.15, -0.1) is 11.3 Å². The molecule has 0 saturated heterocycles. The number of nitrogens with zero attached hydrogens (tertiary/aromatic N) is 1. The van der Waals surface area contributed by atoms with Crippen LogP contribution in [0.25, 0.3) is 43.0 Å². The predicted octanol–water partition coefficient (Wildman–Crippen LogP) is 7.46. The second-order valence-electron chi connectivity index (χ2n) is 8.89. The van der Waals surface area contributed by atoms with Crippen molar-refractivity contribution in [2.75, 3.05) is 0 Å². The second-order valence-corrected chi connectivity index (χ2v) is 9.98. The summed E-state index contributed by atoms with van der Waals surface area (Å²) in [4.78, 5) is 23.4. The summed E-state index contributed by atoms with van der Waals surface area (Å²) in [5.41, 5.74) is 8.36. The monoisotopic (exact) mass is 483 g/mol. The normalized spacial score (nSPS) is 13.9. The summed E-state index contributed by atoms with van der Waals surface area (Å²) in [6.07, 6.45) is 3.48. The van der Waals surface area contributed by atoms with Crippen molar-refractivity contribution in [2.45, 2.75) is 6.04 Å². The average molecular weight is 484 g/mol. The lowest BCUT2D eigenvalue weighted by Gasteiger charge is -2.17. The third kappa shape index (κ3) is 3.28. The van der Waals surface area contributed by atoms with Gasteiger partial charge < -0.3 is 10.3 Å². The molecule has 3 heterocycles. The fourth-order valence-corrected chi connectivity index (χ4v) is 6.27. The summed E-state index contributed by atoms with van der Waals surface area (Å²) in [6.45, 7) is 0. The number of rotatable bonds is 4. The Morgan fingerprint density at radius 1 is 0.778 bits per heavy atom. The molecule has 0 radical (unpaired) electrons. The number of carbonyl (C=O) groups excluding carboxylic acids is 1. The molecule has 6 aromatic rings. The first kappa shape index (κ1) is 20.9. The van der Waals surface area contributed by atoms with Crippen molar-refractivity contribution < 1.29 is 4.79 Å². The lowest BCUT2D eigenvalue weighted by molar-refractivity contribution is 0.0945. The quantitative estimate of drug-likeness (QED) is 0.273. The van der Waals surface area contributed by atoms with Crippen molar-refractivity contribution in [3.63, 3.8) is 0 Å². The van der Waals surface area contributed by atoms with Crippen LogP contribution in [-0.2, 0) is 0 Å². The van der Waals surface area contributed by atoms with E-state index in [1.54, 1.807) is 23.6 Å². The number of fused-ring (bicyclic) bond motifs is 4. The van der Waals surface area contributed by atoms with Crippen LogP contribution < -0.4 is 5.32 Å². The maximum Gasteiger partial charge on any atom is 0.252 e. The first-order valence-electron chi connectivity index (χ1n) is 11.9. The summed E-state index contributed by atoms with van der Waals surface area (Å²) in [6, 6.07) is 33.1. The maximum absolute atomic E-state index is 13.5. The molecule has 0 fully saturated rings. The van der Waals surface area contributed by atoms with Crippen LogP contribution in [0.3, 0.4) is 0 Å². The van der Waals surface area contributed by atoms with Gasteiger partial charge in [0.25, 0.3) is 5.91 Å². The highest BCUT2D eigenvalue weighted by atomic mass is 32.1. The third-order valence-corrected chi connectivity index (χ3v) is 8.03. The molecule has 3 aromatic carbocycles. The van der Waals surface area contributed by atoms with Gasteiger partial charge in [0.15, 0.2) is 0 Å². The van der Waals surface area contributed by atoms with E-state index in [1.807, 2.05) is 24.4 Å². The van der Waals surface area contributed by atoms with Crippen LogP contribution in [0.4, 0.5) is 0 Å². The lowest BCUT2D eigenvalue weighted by Crippen LogP contribution is -2.28. The number of benzene rings is 3. The Balaban J connectivity index is 1.32. The number of carbonyl (C=O) groups is 1. The van der Waals surface area contributed by atoms with Gasteiger partial charge in [-0.25, -0.2) is 4.98 Å². The molecule has 7 rings (SSSR count). The molecule has 1 amide bonds. The molecule has 0 bridgehead atoms. The van der Waals surface area contributed by atoms with Gasteiger partial charge in [-0.2, -0.15) is 0 Å². The molecule has 4 nitrogen and oxygen atoms in total. The van der Waals surface area contributed by atoms with E-state index in [4.69, 9.17) is 0 Å². The molecule has 172 valence electrons. The molecule has 0 spiro atoms. The smallest absolute Gasteiger partial charge is 0.252 e. The Morgan fingerprint density at radius 3 is 2.47 bits per heavy atom. The fourth-order valence-electron chi connectivity index (χ4n) is 5.22. The number of aromatic nitrogens is 2. The Kier molecular flexibility index (Phi) is 4.82. The highest BCUT2D eigenvalue weighted by molar-refractivity contribution is 7.18. The Labute approximate surface area is 212 Å². The van der Waals surface area contributed by atoms with Crippen LogP contribution in [0, 0.1) is 0 Å². The van der Waals surface area contributed by atoms with Gasteiger partial charge in [0, 0.05) is 27.5 Å². The van der Waals surface area contributed by atoms with Crippen LogP contribution >= 0.6 is 11.3 Å². The average Bonchev–Trinajstić information content (AvgIpc) is 3.67. The van der Waals surface area contributed by atoms with Crippen molar-refractivity contribution >= 4 is 28.3 Å². The molecule has 0 saturated carbocycles. The minimum absolute atomic E-state index is 0.109. The topological polar surface area (TPSA) is 57.8 Å². The van der Waals surface area contributed by atoms with E-state index in [-0.39, 0.29) is 11.9 Å². The van der Waals surface area contributed by atoms with Crippen LogP contribution in [0.1, 0.15) is 27.5 Å². The summed E-state index contributed by atoms with van der Waals surface area (Å²) < 4.78 is 0. The molecule has 3 aromatic heterocycles. The van der Waals surface area contributed by atoms with E-state index >= 15 is 0 Å². The van der Waals surface area contributed by atoms with Gasteiger partial charge in [-0.3, -0.25) is 4.79 Å². The van der Waals surface area contributed by atoms with Crippen molar-refractivity contribution in [3.8, 4) is 32.0 Å². The summed E-state index contributed by atoms with van der Waals surface area (Å²) in [7, 11) is 0. The van der Waals surface area contributed by atoms with Crippen molar-refractivity contribution in [2.24, 2.45) is 0 Å². The van der Waals surface area contributed by atoms with E-state index in [2.05, 4.69) is 88.1 Å². The zero-order valence-electron chi connectivity index (χ0n) is 19.2. The molecule has 1 unspecified atom stereocenters. The van der Waals surface area contributed by atoms with E-state index in [1.165, 1.54) is 32.0 Å². The number of hydrogen-bond acceptors (Lipinski definition) is 3. The van der Waals surface area contributed by atoms with E-state index in [9.17, 15) is 4.79 Å². The van der Waals surface area contributed by atoms with E-state index in [0.717, 1.165) is 16.5 Å². The summed E-state index contributed by atoms with van der Waals surface area (Å²) >= 11 is 1.80.